The summed E-state index contributed by atoms with van der Waals surface area (Å²) in [4.78, 5) is 16.0. The highest BCUT2D eigenvalue weighted by Gasteiger charge is 2.21. The van der Waals surface area contributed by atoms with Gasteiger partial charge in [-0.3, -0.25) is 4.79 Å². The third kappa shape index (κ3) is 3.04. The van der Waals surface area contributed by atoms with Gasteiger partial charge in [-0.05, 0) is 25.0 Å². The van der Waals surface area contributed by atoms with E-state index in [1.165, 1.54) is 19.3 Å². The summed E-state index contributed by atoms with van der Waals surface area (Å²) in [6, 6.07) is 3.66. The first kappa shape index (κ1) is 11.6. The average molecular weight is 283 g/mol. The van der Waals surface area contributed by atoms with Crippen LogP contribution in [0.25, 0.3) is 0 Å². The normalized spacial score (nSPS) is 17.1. The lowest BCUT2D eigenvalue weighted by Gasteiger charge is -2.20. The fraction of sp³-hybridized carbons (Fsp3) is 0.500. The summed E-state index contributed by atoms with van der Waals surface area (Å²) >= 11 is 3.36. The van der Waals surface area contributed by atoms with Crippen molar-refractivity contribution in [3.63, 3.8) is 0 Å². The van der Waals surface area contributed by atoms with Crippen LogP contribution in [-0.2, 0) is 4.79 Å². The maximum absolute atomic E-state index is 11.9. The zero-order chi connectivity index (χ0) is 11.4. The van der Waals surface area contributed by atoms with Gasteiger partial charge in [-0.15, -0.1) is 0 Å². The molecule has 1 aliphatic rings. The van der Waals surface area contributed by atoms with Crippen molar-refractivity contribution < 1.29 is 4.79 Å². The smallest absolute Gasteiger partial charge is 0.228 e. The molecule has 1 N–H and O–H groups in total. The van der Waals surface area contributed by atoms with Crippen molar-refractivity contribution in [3.05, 3.63) is 22.8 Å². The zero-order valence-corrected chi connectivity index (χ0v) is 10.7. The minimum Gasteiger partial charge on any atom is -0.310 e. The number of rotatable bonds is 2. The molecule has 0 bridgehead atoms. The fourth-order valence-corrected chi connectivity index (χ4v) is 2.40. The second kappa shape index (κ2) is 5.43. The van der Waals surface area contributed by atoms with E-state index in [1.54, 1.807) is 6.20 Å². The lowest BCUT2D eigenvalue weighted by Crippen LogP contribution is -2.25. The topological polar surface area (TPSA) is 42.0 Å². The molecule has 1 aliphatic carbocycles. The van der Waals surface area contributed by atoms with E-state index in [9.17, 15) is 4.79 Å². The fourth-order valence-electron chi connectivity index (χ4n) is 2.07. The van der Waals surface area contributed by atoms with Crippen molar-refractivity contribution in [1.29, 1.82) is 0 Å². The minimum absolute atomic E-state index is 0.116. The van der Waals surface area contributed by atoms with Crippen LogP contribution in [0.3, 0.4) is 0 Å². The van der Waals surface area contributed by atoms with Crippen LogP contribution < -0.4 is 5.32 Å². The van der Waals surface area contributed by atoms with Gasteiger partial charge in [0, 0.05) is 16.6 Å². The number of carbonyl (C=O) groups is 1. The number of hydrogen-bond acceptors (Lipinski definition) is 2. The standard InChI is InChI=1S/C12H15BrN2O/c13-10-6-7-14-11(8-10)15-12(16)9-4-2-1-3-5-9/h6-9H,1-5H2,(H,14,15,16). The van der Waals surface area contributed by atoms with Gasteiger partial charge in [0.15, 0.2) is 0 Å². The summed E-state index contributed by atoms with van der Waals surface area (Å²) in [5.41, 5.74) is 0. The van der Waals surface area contributed by atoms with Crippen molar-refractivity contribution in [2.24, 2.45) is 5.92 Å². The van der Waals surface area contributed by atoms with Crippen LogP contribution in [-0.4, -0.2) is 10.9 Å². The number of aromatic nitrogens is 1. The van der Waals surface area contributed by atoms with Crippen molar-refractivity contribution in [2.45, 2.75) is 32.1 Å². The minimum atomic E-state index is 0.116. The molecule has 1 aromatic rings. The quantitative estimate of drug-likeness (QED) is 0.904. The van der Waals surface area contributed by atoms with E-state index in [0.29, 0.717) is 5.82 Å². The first-order chi connectivity index (χ1) is 7.75. The summed E-state index contributed by atoms with van der Waals surface area (Å²) in [6.07, 6.45) is 7.31. The molecule has 0 radical (unpaired) electrons. The Morgan fingerprint density at radius 2 is 2.12 bits per heavy atom. The van der Waals surface area contributed by atoms with Crippen LogP contribution in [0.15, 0.2) is 22.8 Å². The van der Waals surface area contributed by atoms with E-state index >= 15 is 0 Å². The first-order valence-corrected chi connectivity index (χ1v) is 6.47. The molecule has 2 rings (SSSR count). The van der Waals surface area contributed by atoms with Crippen LogP contribution in [0.4, 0.5) is 5.82 Å². The Balaban J connectivity index is 1.96. The van der Waals surface area contributed by atoms with E-state index in [0.717, 1.165) is 17.3 Å². The Kier molecular flexibility index (Phi) is 3.93. The predicted molar refractivity (Wildman–Crippen MR) is 67.1 cm³/mol. The molecule has 0 spiro atoms. The molecule has 1 fully saturated rings. The maximum atomic E-state index is 11.9. The van der Waals surface area contributed by atoms with Crippen molar-refractivity contribution >= 4 is 27.7 Å². The highest BCUT2D eigenvalue weighted by molar-refractivity contribution is 9.10. The molecule has 0 aromatic carbocycles. The highest BCUT2D eigenvalue weighted by Crippen LogP contribution is 2.24. The molecule has 16 heavy (non-hydrogen) atoms. The van der Waals surface area contributed by atoms with E-state index in [1.807, 2.05) is 12.1 Å². The first-order valence-electron chi connectivity index (χ1n) is 5.68. The van der Waals surface area contributed by atoms with Crippen LogP contribution in [0.2, 0.25) is 0 Å². The van der Waals surface area contributed by atoms with Crippen LogP contribution in [0.1, 0.15) is 32.1 Å². The molecule has 1 aromatic heterocycles. The Morgan fingerprint density at radius 3 is 2.81 bits per heavy atom. The average Bonchev–Trinajstić information content (AvgIpc) is 2.30. The number of pyridine rings is 1. The summed E-state index contributed by atoms with van der Waals surface area (Å²) in [7, 11) is 0. The Bertz CT molecular complexity index is 375. The second-order valence-corrected chi connectivity index (χ2v) is 5.10. The number of carbonyl (C=O) groups excluding carboxylic acids is 1. The predicted octanol–water partition coefficient (Wildman–Crippen LogP) is 3.36. The van der Waals surface area contributed by atoms with Gasteiger partial charge < -0.3 is 5.32 Å². The van der Waals surface area contributed by atoms with Gasteiger partial charge in [0.25, 0.3) is 0 Å². The van der Waals surface area contributed by atoms with Gasteiger partial charge in [0.05, 0.1) is 0 Å². The van der Waals surface area contributed by atoms with Gasteiger partial charge in [-0.25, -0.2) is 4.98 Å². The third-order valence-electron chi connectivity index (χ3n) is 2.95. The molecule has 86 valence electrons. The molecule has 0 atom stereocenters. The molecule has 1 amide bonds. The molecule has 0 saturated heterocycles. The van der Waals surface area contributed by atoms with Crippen LogP contribution >= 0.6 is 15.9 Å². The Hall–Kier alpha value is -0.900. The van der Waals surface area contributed by atoms with Gasteiger partial charge in [-0.1, -0.05) is 35.2 Å². The molecule has 0 aliphatic heterocycles. The molecule has 0 unspecified atom stereocenters. The van der Waals surface area contributed by atoms with Crippen molar-refractivity contribution in [2.75, 3.05) is 5.32 Å². The summed E-state index contributed by atoms with van der Waals surface area (Å²) in [5.74, 6) is 0.921. The third-order valence-corrected chi connectivity index (χ3v) is 3.44. The molecule has 1 saturated carbocycles. The molecular weight excluding hydrogens is 268 g/mol. The van der Waals surface area contributed by atoms with Gasteiger partial charge in [-0.2, -0.15) is 0 Å². The number of halogens is 1. The number of hydrogen-bond donors (Lipinski definition) is 1. The van der Waals surface area contributed by atoms with E-state index in [4.69, 9.17) is 0 Å². The zero-order valence-electron chi connectivity index (χ0n) is 9.08. The van der Waals surface area contributed by atoms with Crippen LogP contribution in [0.5, 0.6) is 0 Å². The molecular formula is C12H15BrN2O. The summed E-state index contributed by atoms with van der Waals surface area (Å²) < 4.78 is 0.932. The summed E-state index contributed by atoms with van der Waals surface area (Å²) in [6.45, 7) is 0. The number of nitrogens with one attached hydrogen (secondary N) is 1. The Morgan fingerprint density at radius 1 is 1.38 bits per heavy atom. The van der Waals surface area contributed by atoms with E-state index < -0.39 is 0 Å². The number of nitrogens with zero attached hydrogens (tertiary/aromatic N) is 1. The monoisotopic (exact) mass is 282 g/mol. The van der Waals surface area contributed by atoms with Gasteiger partial charge in [0.1, 0.15) is 5.82 Å². The number of amides is 1. The number of anilines is 1. The largest absolute Gasteiger partial charge is 0.310 e. The Labute approximate surface area is 104 Å². The van der Waals surface area contributed by atoms with E-state index in [-0.39, 0.29) is 11.8 Å². The van der Waals surface area contributed by atoms with Crippen LogP contribution in [0, 0.1) is 5.92 Å². The van der Waals surface area contributed by atoms with Gasteiger partial charge >= 0.3 is 0 Å². The van der Waals surface area contributed by atoms with Crippen molar-refractivity contribution in [3.8, 4) is 0 Å². The van der Waals surface area contributed by atoms with Crippen molar-refractivity contribution in [1.82, 2.24) is 4.98 Å². The van der Waals surface area contributed by atoms with E-state index in [2.05, 4.69) is 26.2 Å². The molecule has 3 nitrogen and oxygen atoms in total. The summed E-state index contributed by atoms with van der Waals surface area (Å²) in [5, 5.41) is 2.87. The lowest BCUT2D eigenvalue weighted by atomic mass is 9.89. The second-order valence-electron chi connectivity index (χ2n) is 4.18. The molecule has 1 heterocycles. The highest BCUT2D eigenvalue weighted by atomic mass is 79.9. The SMILES string of the molecule is O=C(Nc1cc(Br)ccn1)C1CCCCC1. The van der Waals surface area contributed by atoms with Gasteiger partial charge in [0.2, 0.25) is 5.91 Å². The molecule has 4 heteroatoms. The maximum Gasteiger partial charge on any atom is 0.228 e. The lowest BCUT2D eigenvalue weighted by molar-refractivity contribution is -0.120.